The number of likely N-dealkylation sites (N-methyl/N-ethyl adjacent to an activating group) is 1. The number of nitrogens with one attached hydrogen (secondary N) is 3. The van der Waals surface area contributed by atoms with Crippen molar-refractivity contribution in [2.45, 2.75) is 39.3 Å². The smallest absolute Gasteiger partial charge is 0.335 e. The Bertz CT molecular complexity index is 1970. The van der Waals surface area contributed by atoms with Crippen LogP contribution < -0.4 is 20.7 Å². The molecule has 14 nitrogen and oxygen atoms in total. The van der Waals surface area contributed by atoms with E-state index in [2.05, 4.69) is 26.3 Å². The molecule has 0 aliphatic heterocycles. The van der Waals surface area contributed by atoms with E-state index in [0.29, 0.717) is 17.5 Å². The van der Waals surface area contributed by atoms with Gasteiger partial charge in [0.05, 0.1) is 16.6 Å². The molecule has 0 bridgehead atoms. The third-order valence-electron chi connectivity index (χ3n) is 7.38. The van der Waals surface area contributed by atoms with E-state index in [-0.39, 0.29) is 28.4 Å². The van der Waals surface area contributed by atoms with Gasteiger partial charge in [0.15, 0.2) is 6.10 Å². The first-order valence-corrected chi connectivity index (χ1v) is 15.5. The Kier molecular flexibility index (Phi) is 12.0. The SMILES string of the molecule is CCC(Oc1ccc(C)cc1C)C(=O)NC.O=C(O)c1cccc(NC(=O)C(C(=O)Nc2cccc(C(=O)O)c2)n2nnc3ccccc32)c1. The summed E-state index contributed by atoms with van der Waals surface area (Å²) in [7, 11) is 1.62. The van der Waals surface area contributed by atoms with Crippen LogP contribution in [0.25, 0.3) is 11.0 Å². The van der Waals surface area contributed by atoms with Crippen molar-refractivity contribution in [2.75, 3.05) is 17.7 Å². The number of aromatic nitrogens is 3. The van der Waals surface area contributed by atoms with Gasteiger partial charge in [-0.3, -0.25) is 14.4 Å². The molecule has 1 unspecified atom stereocenters. The van der Waals surface area contributed by atoms with E-state index >= 15 is 0 Å². The van der Waals surface area contributed by atoms with Gasteiger partial charge in [-0.25, -0.2) is 14.3 Å². The van der Waals surface area contributed by atoms with E-state index in [1.807, 2.05) is 39.0 Å². The molecular weight excluding hydrogens is 644 g/mol. The molecule has 0 aliphatic rings. The number of nitrogens with zero attached hydrogens (tertiary/aromatic N) is 3. The molecule has 5 N–H and O–H groups in total. The lowest BCUT2D eigenvalue weighted by Crippen LogP contribution is -2.36. The number of carbonyl (C=O) groups is 5. The molecule has 14 heteroatoms. The number of ether oxygens (including phenoxy) is 1. The molecule has 3 amide bonds. The molecule has 0 radical (unpaired) electrons. The molecule has 0 saturated carbocycles. The second kappa shape index (κ2) is 16.5. The van der Waals surface area contributed by atoms with Crippen molar-refractivity contribution in [3.05, 3.63) is 113 Å². The lowest BCUT2D eigenvalue weighted by Gasteiger charge is -2.18. The molecule has 4 aromatic carbocycles. The van der Waals surface area contributed by atoms with Crippen LogP contribution in [0.4, 0.5) is 11.4 Å². The van der Waals surface area contributed by atoms with Crippen LogP contribution in [0.5, 0.6) is 5.75 Å². The predicted molar refractivity (Wildman–Crippen MR) is 185 cm³/mol. The van der Waals surface area contributed by atoms with Crippen molar-refractivity contribution in [1.82, 2.24) is 20.3 Å². The minimum atomic E-state index is -1.55. The zero-order valence-electron chi connectivity index (χ0n) is 27.7. The summed E-state index contributed by atoms with van der Waals surface area (Å²) in [6, 6.07) is 22.2. The Labute approximate surface area is 287 Å². The number of carboxylic acids is 2. The molecule has 5 rings (SSSR count). The highest BCUT2D eigenvalue weighted by molar-refractivity contribution is 6.13. The fraction of sp³-hybridized carbons (Fsp3) is 0.194. The number of aryl methyl sites for hydroxylation is 2. The largest absolute Gasteiger partial charge is 0.480 e. The van der Waals surface area contributed by atoms with Gasteiger partial charge < -0.3 is 30.9 Å². The molecule has 0 spiro atoms. The number of anilines is 2. The Hall–Kier alpha value is -6.57. The van der Waals surface area contributed by atoms with Crippen LogP contribution in [-0.2, 0) is 14.4 Å². The second-order valence-electron chi connectivity index (χ2n) is 11.1. The van der Waals surface area contributed by atoms with Crippen LogP contribution in [0.2, 0.25) is 0 Å². The zero-order valence-corrected chi connectivity index (χ0v) is 27.7. The summed E-state index contributed by atoms with van der Waals surface area (Å²) in [6.07, 6.45) is 0.249. The van der Waals surface area contributed by atoms with E-state index in [4.69, 9.17) is 4.74 Å². The van der Waals surface area contributed by atoms with Gasteiger partial charge in [-0.15, -0.1) is 5.10 Å². The Morgan fingerprint density at radius 1 is 0.760 bits per heavy atom. The second-order valence-corrected chi connectivity index (χ2v) is 11.1. The number of amides is 3. The molecule has 1 atom stereocenters. The third kappa shape index (κ3) is 9.07. The monoisotopic (exact) mass is 680 g/mol. The maximum Gasteiger partial charge on any atom is 0.335 e. The Balaban J connectivity index is 0.000000295. The van der Waals surface area contributed by atoms with Crippen molar-refractivity contribution < 1.29 is 38.9 Å². The van der Waals surface area contributed by atoms with Crippen molar-refractivity contribution in [3.63, 3.8) is 0 Å². The summed E-state index contributed by atoms with van der Waals surface area (Å²) in [4.78, 5) is 60.5. The molecular formula is C36H36N6O8. The predicted octanol–water partition coefficient (Wildman–Crippen LogP) is 4.85. The number of fused-ring (bicyclic) bond motifs is 1. The van der Waals surface area contributed by atoms with Crippen LogP contribution in [-0.4, -0.2) is 68.0 Å². The first-order valence-electron chi connectivity index (χ1n) is 15.5. The topological polar surface area (TPSA) is 202 Å². The normalized spacial score (nSPS) is 11.1. The summed E-state index contributed by atoms with van der Waals surface area (Å²) in [5, 5.41) is 34.0. The van der Waals surface area contributed by atoms with Gasteiger partial charge in [-0.2, -0.15) is 0 Å². The van der Waals surface area contributed by atoms with Crippen molar-refractivity contribution in [1.29, 1.82) is 0 Å². The van der Waals surface area contributed by atoms with Crippen LogP contribution in [0.1, 0.15) is 51.2 Å². The van der Waals surface area contributed by atoms with Crippen molar-refractivity contribution in [3.8, 4) is 5.75 Å². The standard InChI is InChI=1S/C23H17N5O6.C13H19NO2/c29-20(24-15-7-3-5-13(11-15)22(31)32)19(28-18-10-2-1-9-17(18)26-27-28)21(30)25-16-8-4-6-14(12-16)23(33)34;1-5-11(13(15)14-4)16-12-7-6-9(2)8-10(12)3/h1-12,19H,(H,24,29)(H,25,30)(H,31,32)(H,33,34);6-8,11H,5H2,1-4H3,(H,14,15). The highest BCUT2D eigenvalue weighted by Gasteiger charge is 2.32. The molecule has 258 valence electrons. The third-order valence-corrected chi connectivity index (χ3v) is 7.38. The summed E-state index contributed by atoms with van der Waals surface area (Å²) in [5.74, 6) is -3.25. The molecule has 1 heterocycles. The number of aromatic carboxylic acids is 2. The maximum atomic E-state index is 13.2. The molecule has 0 fully saturated rings. The summed E-state index contributed by atoms with van der Waals surface area (Å²) >= 11 is 0. The molecule has 0 saturated heterocycles. The first kappa shape index (κ1) is 36.3. The number of carboxylic acid groups (broad SMARTS) is 2. The van der Waals surface area contributed by atoms with E-state index < -0.39 is 35.9 Å². The van der Waals surface area contributed by atoms with Crippen LogP contribution >= 0.6 is 0 Å². The van der Waals surface area contributed by atoms with E-state index in [9.17, 15) is 34.2 Å². The molecule has 50 heavy (non-hydrogen) atoms. The van der Waals surface area contributed by atoms with Gasteiger partial charge in [0.1, 0.15) is 11.3 Å². The van der Waals surface area contributed by atoms with Crippen LogP contribution in [0, 0.1) is 13.8 Å². The van der Waals surface area contributed by atoms with Crippen molar-refractivity contribution >= 4 is 52.1 Å². The number of para-hydroxylation sites is 1. The van der Waals surface area contributed by atoms with Gasteiger partial charge in [0.2, 0.25) is 6.04 Å². The Morgan fingerprint density at radius 2 is 1.34 bits per heavy atom. The van der Waals surface area contributed by atoms with Gasteiger partial charge in [0.25, 0.3) is 17.7 Å². The zero-order chi connectivity index (χ0) is 36.4. The number of benzene rings is 4. The molecule has 5 aromatic rings. The van der Waals surface area contributed by atoms with Gasteiger partial charge in [0, 0.05) is 18.4 Å². The lowest BCUT2D eigenvalue weighted by atomic mass is 10.1. The van der Waals surface area contributed by atoms with E-state index in [1.165, 1.54) is 54.1 Å². The van der Waals surface area contributed by atoms with Gasteiger partial charge in [-0.05, 0) is 80.4 Å². The fourth-order valence-electron chi connectivity index (χ4n) is 4.87. The summed E-state index contributed by atoms with van der Waals surface area (Å²) < 4.78 is 6.83. The highest BCUT2D eigenvalue weighted by atomic mass is 16.5. The Morgan fingerprint density at radius 3 is 1.86 bits per heavy atom. The summed E-state index contributed by atoms with van der Waals surface area (Å²) in [5.41, 5.74) is 3.36. The number of hydrogen-bond donors (Lipinski definition) is 5. The molecule has 0 aliphatic carbocycles. The quantitative estimate of drug-likeness (QED) is 0.120. The summed E-state index contributed by atoms with van der Waals surface area (Å²) in [6.45, 7) is 5.95. The van der Waals surface area contributed by atoms with Gasteiger partial charge in [-0.1, -0.05) is 54.1 Å². The fourth-order valence-corrected chi connectivity index (χ4v) is 4.87. The molecule has 1 aromatic heterocycles. The number of hydrogen-bond acceptors (Lipinski definition) is 8. The lowest BCUT2D eigenvalue weighted by molar-refractivity contribution is -0.129. The van der Waals surface area contributed by atoms with Gasteiger partial charge >= 0.3 is 11.9 Å². The van der Waals surface area contributed by atoms with Crippen molar-refractivity contribution in [2.24, 2.45) is 0 Å². The average molecular weight is 681 g/mol. The van der Waals surface area contributed by atoms with E-state index in [0.717, 1.165) is 16.0 Å². The average Bonchev–Trinajstić information content (AvgIpc) is 3.51. The number of carbonyl (C=O) groups excluding carboxylic acids is 3. The minimum absolute atomic E-state index is 0.0458. The van der Waals surface area contributed by atoms with Crippen LogP contribution in [0.15, 0.2) is 91.0 Å². The maximum absolute atomic E-state index is 13.2. The van der Waals surface area contributed by atoms with Crippen LogP contribution in [0.3, 0.4) is 0 Å². The highest BCUT2D eigenvalue weighted by Crippen LogP contribution is 2.22. The van der Waals surface area contributed by atoms with E-state index in [1.54, 1.807) is 31.3 Å². The minimum Gasteiger partial charge on any atom is -0.480 e. The first-order chi connectivity index (χ1) is 23.9. The number of rotatable bonds is 11.